The lowest BCUT2D eigenvalue weighted by molar-refractivity contribution is -0.384. The van der Waals surface area contributed by atoms with Gasteiger partial charge in [-0.25, -0.2) is 0 Å². The zero-order chi connectivity index (χ0) is 16.9. The number of anilines is 1. The normalized spacial score (nSPS) is 10.8. The number of rotatable bonds is 5. The molecule has 5 nitrogen and oxygen atoms in total. The van der Waals surface area contributed by atoms with Crippen LogP contribution in [0.25, 0.3) is 10.8 Å². The van der Waals surface area contributed by atoms with E-state index in [2.05, 4.69) is 5.32 Å². The first-order valence-corrected chi connectivity index (χ1v) is 7.35. The summed E-state index contributed by atoms with van der Waals surface area (Å²) in [5.74, 6) is -0.110. The number of nitrogens with zero attached hydrogens (tertiary/aromatic N) is 1. The second kappa shape index (κ2) is 6.75. The molecule has 0 aliphatic rings. The van der Waals surface area contributed by atoms with Gasteiger partial charge >= 0.3 is 0 Å². The molecule has 0 spiro atoms. The van der Waals surface area contributed by atoms with E-state index in [0.717, 1.165) is 10.8 Å². The number of carbonyl (C=O) groups excluding carboxylic acids is 1. The molecular weight excluding hydrogens is 304 g/mol. The van der Waals surface area contributed by atoms with Crippen molar-refractivity contribution < 1.29 is 9.72 Å². The number of non-ortho nitro benzene ring substituents is 1. The Bertz CT molecular complexity index is 926. The van der Waals surface area contributed by atoms with Crippen molar-refractivity contribution in [2.24, 2.45) is 0 Å². The van der Waals surface area contributed by atoms with E-state index in [-0.39, 0.29) is 11.5 Å². The maximum atomic E-state index is 12.4. The van der Waals surface area contributed by atoms with E-state index in [9.17, 15) is 14.9 Å². The predicted octanol–water partition coefficient (Wildman–Crippen LogP) is 4.56. The lowest BCUT2D eigenvalue weighted by Crippen LogP contribution is -1.97. The van der Waals surface area contributed by atoms with Gasteiger partial charge in [0, 0.05) is 35.7 Å². The van der Waals surface area contributed by atoms with Crippen molar-refractivity contribution in [3.63, 3.8) is 0 Å². The molecule has 0 aromatic heterocycles. The maximum Gasteiger partial charge on any atom is 0.269 e. The highest BCUT2D eigenvalue weighted by molar-refractivity contribution is 6.13. The smallest absolute Gasteiger partial charge is 0.269 e. The molecule has 24 heavy (non-hydrogen) atoms. The van der Waals surface area contributed by atoms with Crippen LogP contribution in [-0.2, 0) is 0 Å². The number of nitro benzene ring substituents is 1. The third-order valence-electron chi connectivity index (χ3n) is 3.62. The molecule has 3 aromatic rings. The van der Waals surface area contributed by atoms with Gasteiger partial charge in [0.15, 0.2) is 5.78 Å². The number of hydrogen-bond acceptors (Lipinski definition) is 4. The summed E-state index contributed by atoms with van der Waals surface area (Å²) < 4.78 is 0. The highest BCUT2D eigenvalue weighted by Gasteiger charge is 2.06. The molecule has 0 atom stereocenters. The minimum atomic E-state index is -0.455. The van der Waals surface area contributed by atoms with Gasteiger partial charge in [-0.05, 0) is 22.9 Å². The molecule has 0 unspecified atom stereocenters. The Morgan fingerprint density at radius 2 is 1.67 bits per heavy atom. The molecule has 0 heterocycles. The van der Waals surface area contributed by atoms with Crippen molar-refractivity contribution >= 4 is 27.9 Å². The van der Waals surface area contributed by atoms with Gasteiger partial charge in [-0.2, -0.15) is 0 Å². The van der Waals surface area contributed by atoms with Crippen LogP contribution in [0.4, 0.5) is 11.4 Å². The molecule has 0 fully saturated rings. The zero-order valence-corrected chi connectivity index (χ0v) is 12.7. The SMILES string of the molecule is O=C(/C=C/Nc1ccc([N+](=O)[O-])cc1)c1cccc2ccccc12. The Morgan fingerprint density at radius 1 is 0.958 bits per heavy atom. The fourth-order valence-electron chi connectivity index (χ4n) is 2.42. The average molecular weight is 318 g/mol. The topological polar surface area (TPSA) is 72.2 Å². The van der Waals surface area contributed by atoms with Crippen LogP contribution in [0.3, 0.4) is 0 Å². The van der Waals surface area contributed by atoms with Crippen LogP contribution in [0.1, 0.15) is 10.4 Å². The van der Waals surface area contributed by atoms with Gasteiger partial charge in [-0.1, -0.05) is 42.5 Å². The van der Waals surface area contributed by atoms with Crippen molar-refractivity contribution in [1.29, 1.82) is 0 Å². The molecule has 5 heteroatoms. The maximum absolute atomic E-state index is 12.4. The van der Waals surface area contributed by atoms with Gasteiger partial charge < -0.3 is 5.32 Å². The third kappa shape index (κ3) is 3.30. The summed E-state index contributed by atoms with van der Waals surface area (Å²) in [6.07, 6.45) is 2.98. The Morgan fingerprint density at radius 3 is 2.42 bits per heavy atom. The van der Waals surface area contributed by atoms with Crippen molar-refractivity contribution in [3.05, 3.63) is 94.7 Å². The van der Waals surface area contributed by atoms with E-state index in [0.29, 0.717) is 11.3 Å². The van der Waals surface area contributed by atoms with Crippen LogP contribution in [0, 0.1) is 10.1 Å². The first-order chi connectivity index (χ1) is 11.6. The molecule has 1 N–H and O–H groups in total. The number of fused-ring (bicyclic) bond motifs is 1. The van der Waals surface area contributed by atoms with E-state index in [1.165, 1.54) is 24.4 Å². The number of allylic oxidation sites excluding steroid dienone is 1. The summed E-state index contributed by atoms with van der Waals surface area (Å²) in [7, 11) is 0. The molecule has 0 amide bonds. The van der Waals surface area contributed by atoms with E-state index < -0.39 is 4.92 Å². The Balaban J connectivity index is 1.74. The highest BCUT2D eigenvalue weighted by Crippen LogP contribution is 2.19. The van der Waals surface area contributed by atoms with E-state index >= 15 is 0 Å². The largest absolute Gasteiger partial charge is 0.362 e. The first kappa shape index (κ1) is 15.4. The molecule has 3 rings (SSSR count). The van der Waals surface area contributed by atoms with E-state index in [1.807, 2.05) is 36.4 Å². The van der Waals surface area contributed by atoms with Gasteiger partial charge in [0.05, 0.1) is 4.92 Å². The molecule has 3 aromatic carbocycles. The van der Waals surface area contributed by atoms with Crippen molar-refractivity contribution in [3.8, 4) is 0 Å². The van der Waals surface area contributed by atoms with Crippen LogP contribution in [0.5, 0.6) is 0 Å². The van der Waals surface area contributed by atoms with Crippen LogP contribution >= 0.6 is 0 Å². The van der Waals surface area contributed by atoms with Crippen molar-refractivity contribution in [1.82, 2.24) is 0 Å². The molecule has 118 valence electrons. The monoisotopic (exact) mass is 318 g/mol. The number of carbonyl (C=O) groups is 1. The van der Waals surface area contributed by atoms with E-state index in [4.69, 9.17) is 0 Å². The summed E-state index contributed by atoms with van der Waals surface area (Å²) in [5.41, 5.74) is 1.33. The molecule has 0 radical (unpaired) electrons. The van der Waals surface area contributed by atoms with Gasteiger partial charge in [0.1, 0.15) is 0 Å². The van der Waals surface area contributed by atoms with Gasteiger partial charge in [-0.3, -0.25) is 14.9 Å². The fourth-order valence-corrected chi connectivity index (χ4v) is 2.42. The summed E-state index contributed by atoms with van der Waals surface area (Å²) in [5, 5.41) is 15.5. The molecule has 0 bridgehead atoms. The van der Waals surface area contributed by atoms with Crippen molar-refractivity contribution in [2.75, 3.05) is 5.32 Å². The predicted molar refractivity (Wildman–Crippen MR) is 94.1 cm³/mol. The third-order valence-corrected chi connectivity index (χ3v) is 3.62. The standard InChI is InChI=1S/C19H14N2O3/c22-19(18-7-3-5-14-4-1-2-6-17(14)18)12-13-20-15-8-10-16(11-9-15)21(23)24/h1-13,20H/b13-12+. The highest BCUT2D eigenvalue weighted by atomic mass is 16.6. The quantitative estimate of drug-likeness (QED) is 0.324. The van der Waals surface area contributed by atoms with Crippen LogP contribution in [0.2, 0.25) is 0 Å². The Hall–Kier alpha value is -3.47. The lowest BCUT2D eigenvalue weighted by atomic mass is 10.0. The van der Waals surface area contributed by atoms with Crippen LogP contribution < -0.4 is 5.32 Å². The average Bonchev–Trinajstić information content (AvgIpc) is 2.61. The number of ketones is 1. The van der Waals surface area contributed by atoms with Gasteiger partial charge in [-0.15, -0.1) is 0 Å². The van der Waals surface area contributed by atoms with E-state index in [1.54, 1.807) is 18.2 Å². The summed E-state index contributed by atoms with van der Waals surface area (Å²) in [4.78, 5) is 22.5. The minimum Gasteiger partial charge on any atom is -0.362 e. The fraction of sp³-hybridized carbons (Fsp3) is 0. The lowest BCUT2D eigenvalue weighted by Gasteiger charge is -2.03. The molecule has 0 saturated heterocycles. The number of nitrogens with one attached hydrogen (secondary N) is 1. The van der Waals surface area contributed by atoms with Crippen LogP contribution in [-0.4, -0.2) is 10.7 Å². The molecule has 0 aliphatic heterocycles. The number of nitro groups is 1. The number of benzene rings is 3. The van der Waals surface area contributed by atoms with Crippen LogP contribution in [0.15, 0.2) is 79.0 Å². The van der Waals surface area contributed by atoms with Crippen molar-refractivity contribution in [2.45, 2.75) is 0 Å². The molecule has 0 aliphatic carbocycles. The zero-order valence-electron chi connectivity index (χ0n) is 12.7. The molecule has 0 saturated carbocycles. The summed E-state index contributed by atoms with van der Waals surface area (Å²) in [6, 6.07) is 19.3. The minimum absolute atomic E-state index is 0.0244. The Kier molecular flexibility index (Phi) is 4.34. The second-order valence-electron chi connectivity index (χ2n) is 5.17. The summed E-state index contributed by atoms with van der Waals surface area (Å²) >= 11 is 0. The molecular formula is C19H14N2O3. The van der Waals surface area contributed by atoms with Gasteiger partial charge in [0.2, 0.25) is 0 Å². The first-order valence-electron chi connectivity index (χ1n) is 7.35. The Labute approximate surface area is 138 Å². The second-order valence-corrected chi connectivity index (χ2v) is 5.17. The van der Waals surface area contributed by atoms with Gasteiger partial charge in [0.25, 0.3) is 5.69 Å². The summed E-state index contributed by atoms with van der Waals surface area (Å²) in [6.45, 7) is 0. The number of hydrogen-bond donors (Lipinski definition) is 1.